The molecule has 0 aliphatic carbocycles. The van der Waals surface area contributed by atoms with Crippen LogP contribution in [0.25, 0.3) is 0 Å². The molecule has 49 heavy (non-hydrogen) atoms. The lowest BCUT2D eigenvalue weighted by molar-refractivity contribution is -0.887. The van der Waals surface area contributed by atoms with Crippen molar-refractivity contribution in [1.29, 1.82) is 0 Å². The fourth-order valence-corrected chi connectivity index (χ4v) is 5.22. The third-order valence-electron chi connectivity index (χ3n) is 8.21. The summed E-state index contributed by atoms with van der Waals surface area (Å²) < 4.78 is 17.1. The topological polar surface area (TPSA) is 99.1 Å². The van der Waals surface area contributed by atoms with Crippen LogP contribution >= 0.6 is 0 Å². The fourth-order valence-electron chi connectivity index (χ4n) is 5.22. The number of unbranched alkanes of at least 4 members (excludes halogenated alkanes) is 11. The molecular weight excluding hydrogens is 618 g/mol. The normalized spacial score (nSPS) is 13.6. The molecule has 8 nitrogen and oxygen atoms in total. The SMILES string of the molecule is CC/C=C/C/C=C/C/C=C/CCCC(=O)OCC(COCCC(C(=O)O)[N+](C)(C)C)OC(=O)CCCCC/C=C/CCCCCCCCC. The summed E-state index contributed by atoms with van der Waals surface area (Å²) in [4.78, 5) is 36.7. The maximum absolute atomic E-state index is 12.6. The van der Waals surface area contributed by atoms with Crippen LogP contribution in [0.3, 0.4) is 0 Å². The summed E-state index contributed by atoms with van der Waals surface area (Å²) in [5.41, 5.74) is 0. The van der Waals surface area contributed by atoms with E-state index >= 15 is 0 Å². The number of carbonyl (C=O) groups excluding carboxylic acids is 2. The van der Waals surface area contributed by atoms with Crippen molar-refractivity contribution in [2.24, 2.45) is 0 Å². The van der Waals surface area contributed by atoms with Crippen molar-refractivity contribution in [2.45, 2.75) is 154 Å². The molecule has 0 aliphatic rings. The van der Waals surface area contributed by atoms with Crippen LogP contribution in [-0.4, -0.2) is 80.6 Å². The molecule has 0 amide bonds. The highest BCUT2D eigenvalue weighted by Gasteiger charge is 2.31. The van der Waals surface area contributed by atoms with E-state index in [1.807, 2.05) is 21.1 Å². The van der Waals surface area contributed by atoms with Crippen LogP contribution in [0.5, 0.6) is 0 Å². The lowest BCUT2D eigenvalue weighted by atomic mass is 10.1. The monoisotopic (exact) mass is 691 g/mol. The van der Waals surface area contributed by atoms with Crippen molar-refractivity contribution in [2.75, 3.05) is 41.0 Å². The highest BCUT2D eigenvalue weighted by atomic mass is 16.6. The molecule has 0 aromatic carbocycles. The maximum Gasteiger partial charge on any atom is 0.362 e. The van der Waals surface area contributed by atoms with Crippen molar-refractivity contribution in [3.63, 3.8) is 0 Å². The first-order valence-corrected chi connectivity index (χ1v) is 19.2. The second kappa shape index (κ2) is 32.5. The average Bonchev–Trinajstić information content (AvgIpc) is 3.05. The van der Waals surface area contributed by atoms with Gasteiger partial charge in [-0.3, -0.25) is 9.59 Å². The van der Waals surface area contributed by atoms with Gasteiger partial charge in [-0.1, -0.05) is 107 Å². The van der Waals surface area contributed by atoms with E-state index in [4.69, 9.17) is 14.2 Å². The van der Waals surface area contributed by atoms with Crippen LogP contribution in [-0.2, 0) is 28.6 Å². The Bertz CT molecular complexity index is 948. The Morgan fingerprint density at radius 2 is 1.16 bits per heavy atom. The highest BCUT2D eigenvalue weighted by molar-refractivity contribution is 5.72. The number of rotatable bonds is 33. The Morgan fingerprint density at radius 1 is 0.633 bits per heavy atom. The van der Waals surface area contributed by atoms with Gasteiger partial charge in [-0.15, -0.1) is 0 Å². The van der Waals surface area contributed by atoms with Crippen molar-refractivity contribution in [1.82, 2.24) is 0 Å². The molecule has 0 aromatic heterocycles. The number of hydrogen-bond donors (Lipinski definition) is 1. The summed E-state index contributed by atoms with van der Waals surface area (Å²) >= 11 is 0. The molecule has 0 bridgehead atoms. The minimum absolute atomic E-state index is 0.0382. The number of allylic oxidation sites excluding steroid dienone is 8. The smallest absolute Gasteiger partial charge is 0.362 e. The van der Waals surface area contributed by atoms with Crippen LogP contribution in [0.2, 0.25) is 0 Å². The molecule has 1 N–H and O–H groups in total. The number of likely N-dealkylation sites (N-methyl/N-ethyl adjacent to an activating group) is 1. The number of aliphatic carboxylic acids is 1. The zero-order chi connectivity index (χ0) is 36.4. The lowest BCUT2D eigenvalue weighted by Gasteiger charge is -2.31. The van der Waals surface area contributed by atoms with Crippen LogP contribution in [0.15, 0.2) is 48.6 Å². The minimum Gasteiger partial charge on any atom is -0.477 e. The number of carboxylic acids is 1. The zero-order valence-electron chi connectivity index (χ0n) is 31.9. The van der Waals surface area contributed by atoms with Crippen molar-refractivity contribution < 1.29 is 38.2 Å². The standard InChI is InChI=1S/C41H71NO7/c1-6-8-10-12-14-16-18-19-20-22-24-26-28-30-32-40(44)49-37(35-47-34-33-38(41(45)46)42(3,4)5)36-48-39(43)31-29-27-25-23-21-17-15-13-11-9-7-2/h9,11,15,17,20,22-23,25,37-38H,6-8,10,12-14,16,18-19,21,24,26-36H2,1-5H3/p+1/b11-9+,17-15+,22-20+,25-23+. The molecule has 2 atom stereocenters. The summed E-state index contributed by atoms with van der Waals surface area (Å²) in [6, 6.07) is -0.623. The molecular formula is C41H72NO7+. The van der Waals surface area contributed by atoms with E-state index in [0.29, 0.717) is 19.3 Å². The van der Waals surface area contributed by atoms with Gasteiger partial charge in [0.2, 0.25) is 0 Å². The van der Waals surface area contributed by atoms with E-state index in [1.54, 1.807) is 0 Å². The molecule has 0 saturated carbocycles. The highest BCUT2D eigenvalue weighted by Crippen LogP contribution is 2.12. The van der Waals surface area contributed by atoms with Crippen LogP contribution in [0.4, 0.5) is 0 Å². The fraction of sp³-hybridized carbons (Fsp3) is 0.732. The molecule has 8 heteroatoms. The first-order valence-electron chi connectivity index (χ1n) is 19.2. The third kappa shape index (κ3) is 31.0. The lowest BCUT2D eigenvalue weighted by Crippen LogP contribution is -2.50. The van der Waals surface area contributed by atoms with E-state index in [1.165, 1.54) is 44.9 Å². The number of carbonyl (C=O) groups is 3. The van der Waals surface area contributed by atoms with Crippen molar-refractivity contribution >= 4 is 17.9 Å². The molecule has 0 radical (unpaired) electrons. The number of esters is 2. The van der Waals surface area contributed by atoms with Gasteiger partial charge in [-0.05, 0) is 64.2 Å². The summed E-state index contributed by atoms with van der Waals surface area (Å²) in [5, 5.41) is 9.57. The number of nitrogens with zero attached hydrogens (tertiary/aromatic N) is 1. The zero-order valence-corrected chi connectivity index (χ0v) is 31.9. The second-order valence-corrected chi connectivity index (χ2v) is 13.8. The van der Waals surface area contributed by atoms with Crippen LogP contribution in [0, 0.1) is 0 Å². The molecule has 2 unspecified atom stereocenters. The maximum atomic E-state index is 12.6. The quantitative estimate of drug-likeness (QED) is 0.0317. The van der Waals surface area contributed by atoms with E-state index < -0.39 is 18.1 Å². The Labute approximate surface area is 299 Å². The van der Waals surface area contributed by atoms with E-state index in [9.17, 15) is 19.5 Å². The van der Waals surface area contributed by atoms with Gasteiger partial charge in [0.05, 0.1) is 34.4 Å². The summed E-state index contributed by atoms with van der Waals surface area (Å²) in [6.07, 6.45) is 36.0. The predicted molar refractivity (Wildman–Crippen MR) is 201 cm³/mol. The van der Waals surface area contributed by atoms with E-state index in [0.717, 1.165) is 57.8 Å². The minimum atomic E-state index is -0.886. The van der Waals surface area contributed by atoms with Gasteiger partial charge < -0.3 is 23.8 Å². The molecule has 0 saturated heterocycles. The Morgan fingerprint density at radius 3 is 1.78 bits per heavy atom. The number of ether oxygens (including phenoxy) is 3. The van der Waals surface area contributed by atoms with Gasteiger partial charge in [-0.2, -0.15) is 0 Å². The molecule has 0 fully saturated rings. The first-order chi connectivity index (χ1) is 23.6. The van der Waals surface area contributed by atoms with Gasteiger partial charge >= 0.3 is 17.9 Å². The van der Waals surface area contributed by atoms with Gasteiger partial charge in [0.15, 0.2) is 12.1 Å². The molecule has 0 heterocycles. The Balaban J connectivity index is 4.52. The summed E-state index contributed by atoms with van der Waals surface area (Å²) in [7, 11) is 5.49. The third-order valence-corrected chi connectivity index (χ3v) is 8.21. The second-order valence-electron chi connectivity index (χ2n) is 13.8. The number of quaternary nitrogens is 1. The molecule has 0 rings (SSSR count). The van der Waals surface area contributed by atoms with Gasteiger partial charge in [0.25, 0.3) is 0 Å². The number of carboxylic acid groups (broad SMARTS) is 1. The Hall–Kier alpha value is -2.71. The molecule has 0 aliphatic heterocycles. The van der Waals surface area contributed by atoms with E-state index in [-0.39, 0.29) is 42.7 Å². The van der Waals surface area contributed by atoms with Gasteiger partial charge in [-0.25, -0.2) is 4.79 Å². The molecule has 0 spiro atoms. The van der Waals surface area contributed by atoms with Crippen LogP contribution < -0.4 is 0 Å². The first kappa shape index (κ1) is 46.3. The van der Waals surface area contributed by atoms with Gasteiger partial charge in [0.1, 0.15) is 6.61 Å². The van der Waals surface area contributed by atoms with Gasteiger partial charge in [0, 0.05) is 19.3 Å². The van der Waals surface area contributed by atoms with E-state index in [2.05, 4.69) is 62.5 Å². The summed E-state index contributed by atoms with van der Waals surface area (Å²) in [6.45, 7) is 4.52. The average molecular weight is 691 g/mol. The predicted octanol–water partition coefficient (Wildman–Crippen LogP) is 9.68. The molecule has 282 valence electrons. The Kier molecular flexibility index (Phi) is 30.7. The number of hydrogen-bond acceptors (Lipinski definition) is 6. The molecule has 0 aromatic rings. The largest absolute Gasteiger partial charge is 0.477 e. The van der Waals surface area contributed by atoms with Crippen molar-refractivity contribution in [3.05, 3.63) is 48.6 Å². The van der Waals surface area contributed by atoms with Crippen molar-refractivity contribution in [3.8, 4) is 0 Å². The van der Waals surface area contributed by atoms with Crippen LogP contribution in [0.1, 0.15) is 142 Å². The summed E-state index contributed by atoms with van der Waals surface area (Å²) in [5.74, 6) is -1.56.